The van der Waals surface area contributed by atoms with Crippen molar-refractivity contribution in [2.24, 2.45) is 11.6 Å². The fourth-order valence-corrected chi connectivity index (χ4v) is 0.634. The molecule has 0 aromatic carbocycles. The standard InChI is InChI=1S/C7H15N3O2/c1-7(2,6(11)12-3)10(9)5-4-8/h4-5H,8-9H2,1-3H3/b5-4-. The van der Waals surface area contributed by atoms with Crippen LogP contribution in [0, 0.1) is 0 Å². The highest BCUT2D eigenvalue weighted by molar-refractivity contribution is 5.79. The Bertz CT molecular complexity index is 189. The summed E-state index contributed by atoms with van der Waals surface area (Å²) < 4.78 is 4.55. The Morgan fingerprint density at radius 3 is 2.42 bits per heavy atom. The van der Waals surface area contributed by atoms with Gasteiger partial charge in [0.15, 0.2) is 0 Å². The van der Waals surface area contributed by atoms with Crippen LogP contribution < -0.4 is 11.6 Å². The molecular weight excluding hydrogens is 158 g/mol. The normalized spacial score (nSPS) is 11.7. The molecule has 0 spiro atoms. The molecule has 0 rings (SSSR count). The van der Waals surface area contributed by atoms with E-state index in [1.165, 1.54) is 24.5 Å². The number of carbonyl (C=O) groups excluding carboxylic acids is 1. The Morgan fingerprint density at radius 2 is 2.08 bits per heavy atom. The largest absolute Gasteiger partial charge is 0.467 e. The summed E-state index contributed by atoms with van der Waals surface area (Å²) in [5.41, 5.74) is 4.22. The van der Waals surface area contributed by atoms with Gasteiger partial charge < -0.3 is 15.5 Å². The topological polar surface area (TPSA) is 81.6 Å². The minimum atomic E-state index is -0.898. The molecule has 70 valence electrons. The summed E-state index contributed by atoms with van der Waals surface area (Å²) in [5.74, 6) is 5.09. The Morgan fingerprint density at radius 1 is 1.58 bits per heavy atom. The first-order chi connectivity index (χ1) is 5.46. The molecular formula is C7H15N3O2. The Kier molecular flexibility index (Phi) is 3.56. The number of hydrogen-bond donors (Lipinski definition) is 2. The monoisotopic (exact) mass is 173 g/mol. The second-order valence-electron chi connectivity index (χ2n) is 2.80. The van der Waals surface area contributed by atoms with E-state index in [9.17, 15) is 4.79 Å². The third kappa shape index (κ3) is 2.13. The number of hydrazine groups is 1. The Balaban J connectivity index is 4.48. The molecule has 0 aliphatic carbocycles. The van der Waals surface area contributed by atoms with Crippen LogP contribution in [-0.2, 0) is 9.53 Å². The van der Waals surface area contributed by atoms with E-state index in [0.717, 1.165) is 0 Å². The smallest absolute Gasteiger partial charge is 0.332 e. The van der Waals surface area contributed by atoms with Gasteiger partial charge in [0.2, 0.25) is 0 Å². The van der Waals surface area contributed by atoms with Gasteiger partial charge >= 0.3 is 5.97 Å². The average Bonchev–Trinajstić information content (AvgIpc) is 2.03. The van der Waals surface area contributed by atoms with Crippen molar-refractivity contribution >= 4 is 5.97 Å². The predicted molar refractivity (Wildman–Crippen MR) is 45.4 cm³/mol. The average molecular weight is 173 g/mol. The summed E-state index contributed by atoms with van der Waals surface area (Å²) in [5, 5.41) is 1.19. The van der Waals surface area contributed by atoms with E-state index in [1.54, 1.807) is 13.8 Å². The lowest BCUT2D eigenvalue weighted by Crippen LogP contribution is -2.51. The fraction of sp³-hybridized carbons (Fsp3) is 0.571. The molecule has 12 heavy (non-hydrogen) atoms. The van der Waals surface area contributed by atoms with Gasteiger partial charge in [-0.25, -0.2) is 10.6 Å². The van der Waals surface area contributed by atoms with Crippen molar-refractivity contribution in [3.8, 4) is 0 Å². The molecule has 0 saturated carbocycles. The molecule has 0 aromatic rings. The minimum Gasteiger partial charge on any atom is -0.467 e. The molecule has 0 radical (unpaired) electrons. The number of rotatable bonds is 3. The number of hydrogen-bond acceptors (Lipinski definition) is 5. The van der Waals surface area contributed by atoms with Crippen LogP contribution in [-0.4, -0.2) is 23.6 Å². The van der Waals surface area contributed by atoms with Crippen molar-refractivity contribution in [2.45, 2.75) is 19.4 Å². The zero-order chi connectivity index (χ0) is 9.78. The van der Waals surface area contributed by atoms with Crippen LogP contribution in [0.2, 0.25) is 0 Å². The van der Waals surface area contributed by atoms with Crippen molar-refractivity contribution in [1.29, 1.82) is 0 Å². The summed E-state index contributed by atoms with van der Waals surface area (Å²) in [7, 11) is 1.31. The zero-order valence-electron chi connectivity index (χ0n) is 7.57. The maximum absolute atomic E-state index is 11.1. The molecule has 0 amide bonds. The summed E-state index contributed by atoms with van der Waals surface area (Å²) in [4.78, 5) is 11.1. The maximum atomic E-state index is 11.1. The first-order valence-electron chi connectivity index (χ1n) is 3.47. The molecule has 0 atom stereocenters. The number of nitrogens with two attached hydrogens (primary N) is 2. The quantitative estimate of drug-likeness (QED) is 0.343. The molecule has 0 unspecified atom stereocenters. The van der Waals surface area contributed by atoms with Crippen molar-refractivity contribution in [2.75, 3.05) is 7.11 Å². The van der Waals surface area contributed by atoms with E-state index < -0.39 is 11.5 Å². The highest BCUT2D eigenvalue weighted by Crippen LogP contribution is 2.11. The van der Waals surface area contributed by atoms with Crippen LogP contribution in [0.5, 0.6) is 0 Å². The summed E-state index contributed by atoms with van der Waals surface area (Å²) in [6, 6.07) is 0. The summed E-state index contributed by atoms with van der Waals surface area (Å²) in [6.45, 7) is 3.28. The SMILES string of the molecule is COC(=O)C(C)(C)N(N)/C=C\N. The van der Waals surface area contributed by atoms with E-state index in [0.29, 0.717) is 0 Å². The fourth-order valence-electron chi connectivity index (χ4n) is 0.634. The highest BCUT2D eigenvalue weighted by Gasteiger charge is 2.32. The number of nitrogens with zero attached hydrogens (tertiary/aromatic N) is 1. The zero-order valence-corrected chi connectivity index (χ0v) is 7.57. The summed E-state index contributed by atoms with van der Waals surface area (Å²) >= 11 is 0. The van der Waals surface area contributed by atoms with Gasteiger partial charge in [-0.15, -0.1) is 0 Å². The van der Waals surface area contributed by atoms with Crippen molar-refractivity contribution in [1.82, 2.24) is 5.01 Å². The molecule has 0 aromatic heterocycles. The second-order valence-corrected chi connectivity index (χ2v) is 2.80. The van der Waals surface area contributed by atoms with Crippen LogP contribution in [0.15, 0.2) is 12.4 Å². The lowest BCUT2D eigenvalue weighted by atomic mass is 10.1. The molecule has 0 fully saturated rings. The predicted octanol–water partition coefficient (Wildman–Crippen LogP) is -0.456. The van der Waals surface area contributed by atoms with E-state index in [2.05, 4.69) is 4.74 Å². The number of carbonyl (C=O) groups is 1. The van der Waals surface area contributed by atoms with Gasteiger partial charge in [0.1, 0.15) is 5.54 Å². The lowest BCUT2D eigenvalue weighted by Gasteiger charge is -2.30. The molecule has 5 nitrogen and oxygen atoms in total. The number of ether oxygens (including phenoxy) is 1. The van der Waals surface area contributed by atoms with Gasteiger partial charge in [-0.1, -0.05) is 0 Å². The van der Waals surface area contributed by atoms with E-state index in [-0.39, 0.29) is 0 Å². The minimum absolute atomic E-state index is 0.414. The maximum Gasteiger partial charge on any atom is 0.332 e. The van der Waals surface area contributed by atoms with Gasteiger partial charge in [0.05, 0.1) is 7.11 Å². The van der Waals surface area contributed by atoms with Crippen LogP contribution in [0.1, 0.15) is 13.8 Å². The first kappa shape index (κ1) is 10.8. The van der Waals surface area contributed by atoms with Crippen LogP contribution in [0.3, 0.4) is 0 Å². The molecule has 0 bridgehead atoms. The number of esters is 1. The van der Waals surface area contributed by atoms with Gasteiger partial charge in [0.25, 0.3) is 0 Å². The third-order valence-electron chi connectivity index (χ3n) is 1.58. The van der Waals surface area contributed by atoms with Gasteiger partial charge in [-0.2, -0.15) is 0 Å². The molecule has 0 aliphatic rings. The first-order valence-corrected chi connectivity index (χ1v) is 3.47. The van der Waals surface area contributed by atoms with Crippen molar-refractivity contribution in [3.63, 3.8) is 0 Å². The molecule has 0 heterocycles. The second kappa shape index (κ2) is 3.96. The number of methoxy groups -OCH3 is 1. The van der Waals surface area contributed by atoms with E-state index >= 15 is 0 Å². The Labute approximate surface area is 71.9 Å². The van der Waals surface area contributed by atoms with Crippen molar-refractivity contribution in [3.05, 3.63) is 12.4 Å². The van der Waals surface area contributed by atoms with E-state index in [4.69, 9.17) is 11.6 Å². The van der Waals surface area contributed by atoms with Gasteiger partial charge in [0, 0.05) is 12.4 Å². The van der Waals surface area contributed by atoms with Gasteiger partial charge in [-0.3, -0.25) is 0 Å². The van der Waals surface area contributed by atoms with Crippen LogP contribution >= 0.6 is 0 Å². The molecule has 0 aliphatic heterocycles. The molecule has 5 heteroatoms. The van der Waals surface area contributed by atoms with Gasteiger partial charge in [-0.05, 0) is 13.8 Å². The summed E-state index contributed by atoms with van der Waals surface area (Å²) in [6.07, 6.45) is 2.65. The molecule has 0 saturated heterocycles. The Hall–Kier alpha value is -1.23. The lowest BCUT2D eigenvalue weighted by molar-refractivity contribution is -0.151. The van der Waals surface area contributed by atoms with Crippen molar-refractivity contribution < 1.29 is 9.53 Å². The molecule has 4 N–H and O–H groups in total. The van der Waals surface area contributed by atoms with E-state index in [1.807, 2.05) is 0 Å². The third-order valence-corrected chi connectivity index (χ3v) is 1.58. The highest BCUT2D eigenvalue weighted by atomic mass is 16.5. The van der Waals surface area contributed by atoms with Crippen LogP contribution in [0.4, 0.5) is 0 Å². The van der Waals surface area contributed by atoms with Crippen LogP contribution in [0.25, 0.3) is 0 Å².